The first-order chi connectivity index (χ1) is 12.6. The lowest BCUT2D eigenvalue weighted by atomic mass is 10.2. The zero-order valence-electron chi connectivity index (χ0n) is 14.6. The first kappa shape index (κ1) is 18.2. The highest BCUT2D eigenvalue weighted by molar-refractivity contribution is 6.30. The Morgan fingerprint density at radius 2 is 1.88 bits per heavy atom. The van der Waals surface area contributed by atoms with Gasteiger partial charge in [0, 0.05) is 36.8 Å². The summed E-state index contributed by atoms with van der Waals surface area (Å²) in [4.78, 5) is 25.1. The number of piperazine rings is 1. The van der Waals surface area contributed by atoms with Gasteiger partial charge in [0.05, 0.1) is 0 Å². The molecule has 138 valence electrons. The minimum Gasteiger partial charge on any atom is -0.393 e. The van der Waals surface area contributed by atoms with Crippen molar-refractivity contribution in [1.82, 2.24) is 20.3 Å². The molecule has 4 N–H and O–H groups in total. The lowest BCUT2D eigenvalue weighted by Crippen LogP contribution is -2.46. The third-order valence-electron chi connectivity index (χ3n) is 4.38. The van der Waals surface area contributed by atoms with Crippen LogP contribution in [0.1, 0.15) is 17.3 Å². The molecule has 9 heteroatoms. The van der Waals surface area contributed by atoms with Crippen LogP contribution < -0.4 is 21.5 Å². The monoisotopic (exact) mass is 375 g/mol. The van der Waals surface area contributed by atoms with Gasteiger partial charge in [-0.1, -0.05) is 18.5 Å². The molecule has 26 heavy (non-hydrogen) atoms. The largest absolute Gasteiger partial charge is 0.393 e. The van der Waals surface area contributed by atoms with E-state index in [0.29, 0.717) is 27.9 Å². The molecule has 8 nitrogen and oxygen atoms in total. The molecule has 0 atom stereocenters. The Bertz CT molecular complexity index is 760. The highest BCUT2D eigenvalue weighted by Crippen LogP contribution is 2.26. The van der Waals surface area contributed by atoms with Crippen molar-refractivity contribution in [2.75, 3.05) is 48.8 Å². The quantitative estimate of drug-likeness (QED) is 0.683. The van der Waals surface area contributed by atoms with E-state index in [9.17, 15) is 4.79 Å². The highest BCUT2D eigenvalue weighted by atomic mass is 35.5. The van der Waals surface area contributed by atoms with E-state index in [2.05, 4.69) is 37.5 Å². The fraction of sp³-hybridized carbons (Fsp3) is 0.353. The van der Waals surface area contributed by atoms with Crippen LogP contribution in [0.15, 0.2) is 30.6 Å². The third kappa shape index (κ3) is 4.14. The van der Waals surface area contributed by atoms with Crippen molar-refractivity contribution in [2.45, 2.75) is 6.92 Å². The number of carbonyl (C=O) groups is 1. The number of hydrogen-bond donors (Lipinski definition) is 3. The number of carbonyl (C=O) groups excluding carboxylic acids is 1. The van der Waals surface area contributed by atoms with Gasteiger partial charge in [-0.2, -0.15) is 0 Å². The van der Waals surface area contributed by atoms with Crippen molar-refractivity contribution >= 4 is 34.8 Å². The summed E-state index contributed by atoms with van der Waals surface area (Å²) in [6, 6.07) is 6.59. The minimum absolute atomic E-state index is 0.308. The molecule has 0 unspecified atom stereocenters. The van der Waals surface area contributed by atoms with E-state index in [0.717, 1.165) is 32.7 Å². The van der Waals surface area contributed by atoms with Crippen LogP contribution in [0.3, 0.4) is 0 Å². The molecule has 1 saturated heterocycles. The fourth-order valence-electron chi connectivity index (χ4n) is 2.80. The number of benzene rings is 1. The van der Waals surface area contributed by atoms with E-state index in [1.807, 2.05) is 0 Å². The number of amides is 1. The van der Waals surface area contributed by atoms with Crippen LogP contribution in [-0.4, -0.2) is 53.5 Å². The van der Waals surface area contributed by atoms with Gasteiger partial charge in [-0.3, -0.25) is 15.6 Å². The van der Waals surface area contributed by atoms with Gasteiger partial charge < -0.3 is 15.5 Å². The zero-order chi connectivity index (χ0) is 18.5. The number of nitrogen functional groups attached to an aromatic ring is 1. The number of hydrogen-bond acceptors (Lipinski definition) is 7. The summed E-state index contributed by atoms with van der Waals surface area (Å²) >= 11 is 5.83. The number of halogens is 1. The molecule has 2 heterocycles. The van der Waals surface area contributed by atoms with Gasteiger partial charge in [-0.25, -0.2) is 9.97 Å². The van der Waals surface area contributed by atoms with Crippen molar-refractivity contribution in [2.24, 2.45) is 0 Å². The van der Waals surface area contributed by atoms with Crippen molar-refractivity contribution < 1.29 is 4.79 Å². The molecular weight excluding hydrogens is 354 g/mol. The maximum absolute atomic E-state index is 12.2. The third-order valence-corrected chi connectivity index (χ3v) is 4.63. The molecule has 1 aliphatic rings. The number of hydrazine groups is 1. The SMILES string of the molecule is CCN1CCN(c2ncnc(NNC(=O)c3ccc(Cl)cc3)c2N)CC1. The van der Waals surface area contributed by atoms with Gasteiger partial charge in [-0.05, 0) is 30.8 Å². The maximum atomic E-state index is 12.2. The molecule has 1 aromatic heterocycles. The zero-order valence-corrected chi connectivity index (χ0v) is 15.3. The van der Waals surface area contributed by atoms with Gasteiger partial charge in [0.15, 0.2) is 11.6 Å². The van der Waals surface area contributed by atoms with Crippen molar-refractivity contribution in [3.63, 3.8) is 0 Å². The number of nitrogens with one attached hydrogen (secondary N) is 2. The van der Waals surface area contributed by atoms with Crippen molar-refractivity contribution in [3.05, 3.63) is 41.2 Å². The molecule has 0 saturated carbocycles. The summed E-state index contributed by atoms with van der Waals surface area (Å²) in [6.07, 6.45) is 1.44. The summed E-state index contributed by atoms with van der Waals surface area (Å²) in [6.45, 7) is 6.83. The Kier molecular flexibility index (Phi) is 5.75. The second-order valence-corrected chi connectivity index (χ2v) is 6.40. The van der Waals surface area contributed by atoms with Crippen LogP contribution >= 0.6 is 11.6 Å². The van der Waals surface area contributed by atoms with Crippen LogP contribution in [0.4, 0.5) is 17.3 Å². The lowest BCUT2D eigenvalue weighted by Gasteiger charge is -2.35. The van der Waals surface area contributed by atoms with E-state index < -0.39 is 0 Å². The summed E-state index contributed by atoms with van der Waals surface area (Å²) in [7, 11) is 0. The first-order valence-corrected chi connectivity index (χ1v) is 8.86. The Morgan fingerprint density at radius 1 is 1.19 bits per heavy atom. The minimum atomic E-state index is -0.308. The summed E-state index contributed by atoms with van der Waals surface area (Å²) in [5.41, 5.74) is 12.5. The van der Waals surface area contributed by atoms with Crippen LogP contribution in [-0.2, 0) is 0 Å². The molecule has 3 rings (SSSR count). The predicted octanol–water partition coefficient (Wildman–Crippen LogP) is 1.61. The maximum Gasteiger partial charge on any atom is 0.269 e. The van der Waals surface area contributed by atoms with E-state index in [4.69, 9.17) is 17.3 Å². The predicted molar refractivity (Wildman–Crippen MR) is 103 cm³/mol. The average Bonchev–Trinajstić information content (AvgIpc) is 2.67. The molecule has 1 amide bonds. The number of likely N-dealkylation sites (N-methyl/N-ethyl adjacent to an activating group) is 1. The summed E-state index contributed by atoms with van der Waals surface area (Å²) in [5, 5.41) is 0.572. The second kappa shape index (κ2) is 8.20. The molecule has 0 radical (unpaired) electrons. The first-order valence-electron chi connectivity index (χ1n) is 8.48. The number of rotatable bonds is 5. The van der Waals surface area contributed by atoms with Gasteiger partial charge in [0.1, 0.15) is 12.0 Å². The number of nitrogens with zero attached hydrogens (tertiary/aromatic N) is 4. The number of anilines is 3. The van der Waals surface area contributed by atoms with Gasteiger partial charge in [0.2, 0.25) is 0 Å². The number of nitrogens with two attached hydrogens (primary N) is 1. The van der Waals surface area contributed by atoms with E-state index in [1.54, 1.807) is 24.3 Å². The van der Waals surface area contributed by atoms with Gasteiger partial charge >= 0.3 is 0 Å². The van der Waals surface area contributed by atoms with Crippen molar-refractivity contribution in [1.29, 1.82) is 0 Å². The Labute approximate surface area is 157 Å². The standard InChI is InChI=1S/C17H22ClN7O/c1-2-24-7-9-25(10-8-24)16-14(19)15(20-11-21-16)22-23-17(26)12-3-5-13(18)6-4-12/h3-6,11H,2,7-10,19H2,1H3,(H,23,26)(H,20,21,22). The number of aromatic nitrogens is 2. The topological polar surface area (TPSA) is 99.4 Å². The van der Waals surface area contributed by atoms with Crippen molar-refractivity contribution in [3.8, 4) is 0 Å². The lowest BCUT2D eigenvalue weighted by molar-refractivity contribution is 0.0962. The van der Waals surface area contributed by atoms with Crippen LogP contribution in [0, 0.1) is 0 Å². The molecule has 2 aromatic rings. The molecule has 0 bridgehead atoms. The highest BCUT2D eigenvalue weighted by Gasteiger charge is 2.20. The fourth-order valence-corrected chi connectivity index (χ4v) is 2.93. The molecule has 1 fully saturated rings. The average molecular weight is 376 g/mol. The van der Waals surface area contributed by atoms with Gasteiger partial charge in [-0.15, -0.1) is 0 Å². The van der Waals surface area contributed by atoms with Gasteiger partial charge in [0.25, 0.3) is 5.91 Å². The van der Waals surface area contributed by atoms with E-state index >= 15 is 0 Å². The Hall–Kier alpha value is -2.58. The Balaban J connectivity index is 1.65. The van der Waals surface area contributed by atoms with E-state index in [-0.39, 0.29) is 5.91 Å². The molecular formula is C17H22ClN7O. The Morgan fingerprint density at radius 3 is 2.54 bits per heavy atom. The normalized spacial score (nSPS) is 14.9. The molecule has 0 aliphatic carbocycles. The smallest absolute Gasteiger partial charge is 0.269 e. The van der Waals surface area contributed by atoms with E-state index in [1.165, 1.54) is 6.33 Å². The molecule has 1 aromatic carbocycles. The molecule has 0 spiro atoms. The molecule has 1 aliphatic heterocycles. The summed E-state index contributed by atoms with van der Waals surface area (Å²) < 4.78 is 0. The van der Waals surface area contributed by atoms with Crippen LogP contribution in [0.2, 0.25) is 5.02 Å². The second-order valence-electron chi connectivity index (χ2n) is 5.97. The van der Waals surface area contributed by atoms with Crippen LogP contribution in [0.5, 0.6) is 0 Å². The summed E-state index contributed by atoms with van der Waals surface area (Å²) in [5.74, 6) is 0.743. The van der Waals surface area contributed by atoms with Crippen LogP contribution in [0.25, 0.3) is 0 Å².